The maximum absolute atomic E-state index is 11.9. The first kappa shape index (κ1) is 18.0. The number of aliphatic hydroxyl groups excluding tert-OH is 1. The van der Waals surface area contributed by atoms with Gasteiger partial charge in [-0.2, -0.15) is 0 Å². The molecule has 0 radical (unpaired) electrons. The molecule has 0 heterocycles. The second-order valence-corrected chi connectivity index (χ2v) is 5.09. The minimum absolute atomic E-state index is 0.113. The van der Waals surface area contributed by atoms with Crippen LogP contribution >= 0.6 is 0 Å². The van der Waals surface area contributed by atoms with Gasteiger partial charge in [0, 0.05) is 0 Å². The number of amides is 1. The number of hydrogen-bond acceptors (Lipinski definition) is 5. The van der Waals surface area contributed by atoms with Gasteiger partial charge in [0.1, 0.15) is 6.61 Å². The lowest BCUT2D eigenvalue weighted by molar-refractivity contribution is -0.152. The molecule has 1 amide bonds. The van der Waals surface area contributed by atoms with Crippen LogP contribution in [-0.4, -0.2) is 36.4 Å². The molecule has 6 heteroatoms. The molecule has 2 N–H and O–H groups in total. The van der Waals surface area contributed by atoms with Gasteiger partial charge in [-0.05, 0) is 11.5 Å². The number of carbonyl (C=O) groups excluding carboxylic acids is 2. The molecule has 0 saturated heterocycles. The fraction of sp³-hybridized carbons (Fsp3) is 0.500. The summed E-state index contributed by atoms with van der Waals surface area (Å²) in [5.41, 5.74) is 0.853. The van der Waals surface area contributed by atoms with Crippen LogP contribution in [0.5, 0.6) is 0 Å². The van der Waals surface area contributed by atoms with Crippen LogP contribution in [-0.2, 0) is 20.9 Å². The molecule has 1 aromatic carbocycles. The van der Waals surface area contributed by atoms with Crippen molar-refractivity contribution in [1.82, 2.24) is 5.32 Å². The van der Waals surface area contributed by atoms with Gasteiger partial charge in [-0.3, -0.25) is 0 Å². The monoisotopic (exact) mass is 309 g/mol. The number of rotatable bonds is 7. The van der Waals surface area contributed by atoms with Crippen LogP contribution in [0.1, 0.15) is 25.8 Å². The predicted molar refractivity (Wildman–Crippen MR) is 81.0 cm³/mol. The van der Waals surface area contributed by atoms with E-state index in [1.54, 1.807) is 0 Å². The summed E-state index contributed by atoms with van der Waals surface area (Å²) in [5.74, 6) is -0.896. The fourth-order valence-corrected chi connectivity index (χ4v) is 1.95. The van der Waals surface area contributed by atoms with Crippen LogP contribution in [0.2, 0.25) is 0 Å². The van der Waals surface area contributed by atoms with Gasteiger partial charge in [-0.1, -0.05) is 50.6 Å². The third kappa shape index (κ3) is 5.37. The van der Waals surface area contributed by atoms with Crippen LogP contribution < -0.4 is 5.32 Å². The lowest BCUT2D eigenvalue weighted by Crippen LogP contribution is -2.51. The quantitative estimate of drug-likeness (QED) is 0.751. The van der Waals surface area contributed by atoms with Crippen molar-refractivity contribution >= 4 is 12.1 Å². The Kier molecular flexibility index (Phi) is 7.39. The van der Waals surface area contributed by atoms with E-state index in [4.69, 9.17) is 4.74 Å². The number of aliphatic hydroxyl groups is 1. The Bertz CT molecular complexity index is 477. The number of alkyl carbamates (subject to hydrolysis) is 1. The molecule has 6 nitrogen and oxygen atoms in total. The average molecular weight is 309 g/mol. The molecule has 1 unspecified atom stereocenters. The molecule has 1 rings (SSSR count). The van der Waals surface area contributed by atoms with E-state index in [9.17, 15) is 14.7 Å². The molecule has 0 saturated carbocycles. The Morgan fingerprint density at radius 3 is 2.45 bits per heavy atom. The van der Waals surface area contributed by atoms with Crippen LogP contribution in [0.25, 0.3) is 0 Å². The van der Waals surface area contributed by atoms with Crippen molar-refractivity contribution in [2.45, 2.75) is 39.0 Å². The second kappa shape index (κ2) is 9.04. The minimum Gasteiger partial charge on any atom is -0.467 e. The highest BCUT2D eigenvalue weighted by Gasteiger charge is 2.32. The summed E-state index contributed by atoms with van der Waals surface area (Å²) in [6.07, 6.45) is -1.43. The summed E-state index contributed by atoms with van der Waals surface area (Å²) < 4.78 is 9.62. The molecule has 0 bridgehead atoms. The topological polar surface area (TPSA) is 84.9 Å². The van der Waals surface area contributed by atoms with E-state index < -0.39 is 24.2 Å². The summed E-state index contributed by atoms with van der Waals surface area (Å²) >= 11 is 0. The Morgan fingerprint density at radius 2 is 1.91 bits per heavy atom. The highest BCUT2D eigenvalue weighted by molar-refractivity contribution is 5.77. The van der Waals surface area contributed by atoms with Crippen LogP contribution in [0.15, 0.2) is 30.3 Å². The summed E-state index contributed by atoms with van der Waals surface area (Å²) in [6, 6.07) is 8.47. The van der Waals surface area contributed by atoms with Gasteiger partial charge >= 0.3 is 12.1 Å². The average Bonchev–Trinajstić information content (AvgIpc) is 2.56. The van der Waals surface area contributed by atoms with E-state index in [0.29, 0.717) is 6.42 Å². The largest absolute Gasteiger partial charge is 0.467 e. The zero-order valence-electron chi connectivity index (χ0n) is 13.1. The molecular weight excluding hydrogens is 286 g/mol. The zero-order valence-corrected chi connectivity index (χ0v) is 13.1. The number of methoxy groups -OCH3 is 1. The lowest BCUT2D eigenvalue weighted by atomic mass is 9.94. The molecule has 0 aromatic heterocycles. The fourth-order valence-electron chi connectivity index (χ4n) is 1.95. The molecule has 0 spiro atoms. The van der Waals surface area contributed by atoms with Crippen molar-refractivity contribution in [3.05, 3.63) is 35.9 Å². The summed E-state index contributed by atoms with van der Waals surface area (Å²) in [6.45, 7) is 3.85. The van der Waals surface area contributed by atoms with E-state index in [1.807, 2.05) is 44.2 Å². The Labute approximate surface area is 130 Å². The van der Waals surface area contributed by atoms with Crippen LogP contribution in [0.3, 0.4) is 0 Å². The van der Waals surface area contributed by atoms with Crippen molar-refractivity contribution in [1.29, 1.82) is 0 Å². The first-order valence-corrected chi connectivity index (χ1v) is 7.22. The van der Waals surface area contributed by atoms with Gasteiger partial charge in [0.2, 0.25) is 0 Å². The van der Waals surface area contributed by atoms with Crippen molar-refractivity contribution in [2.24, 2.45) is 5.92 Å². The maximum atomic E-state index is 11.9. The van der Waals surface area contributed by atoms with E-state index in [0.717, 1.165) is 5.56 Å². The standard InChI is InChI=1S/C16H23NO5/c1-4-11(2)13(14(18)15(19)21-3)17-16(20)22-10-12-8-6-5-7-9-12/h5-9,11,13-14,18H,4,10H2,1-3H3,(H,17,20)/t11-,13-,14?/m0/s1. The summed E-state index contributed by atoms with van der Waals surface area (Å²) in [7, 11) is 1.19. The molecule has 3 atom stereocenters. The van der Waals surface area contributed by atoms with Gasteiger partial charge in [-0.25, -0.2) is 9.59 Å². The molecule has 0 aliphatic heterocycles. The Balaban J connectivity index is 2.61. The minimum atomic E-state index is -1.43. The van der Waals surface area contributed by atoms with Gasteiger partial charge in [0.05, 0.1) is 13.2 Å². The number of esters is 1. The van der Waals surface area contributed by atoms with Gasteiger partial charge < -0.3 is 19.9 Å². The van der Waals surface area contributed by atoms with Crippen LogP contribution in [0, 0.1) is 5.92 Å². The van der Waals surface area contributed by atoms with Crippen molar-refractivity contribution < 1.29 is 24.2 Å². The van der Waals surface area contributed by atoms with Crippen molar-refractivity contribution in [3.8, 4) is 0 Å². The van der Waals surface area contributed by atoms with Gasteiger partial charge in [0.25, 0.3) is 0 Å². The van der Waals surface area contributed by atoms with Crippen LogP contribution in [0.4, 0.5) is 4.79 Å². The van der Waals surface area contributed by atoms with E-state index in [-0.39, 0.29) is 12.5 Å². The molecule has 0 aliphatic rings. The van der Waals surface area contributed by atoms with E-state index >= 15 is 0 Å². The van der Waals surface area contributed by atoms with Crippen molar-refractivity contribution in [3.63, 3.8) is 0 Å². The Hall–Kier alpha value is -2.08. The molecule has 122 valence electrons. The second-order valence-electron chi connectivity index (χ2n) is 5.09. The number of hydrogen-bond donors (Lipinski definition) is 2. The summed E-state index contributed by atoms with van der Waals surface area (Å²) in [4.78, 5) is 23.3. The molecule has 1 aromatic rings. The van der Waals surface area contributed by atoms with Crippen molar-refractivity contribution in [2.75, 3.05) is 7.11 Å². The van der Waals surface area contributed by atoms with E-state index in [1.165, 1.54) is 7.11 Å². The normalized spacial score (nSPS) is 14.5. The lowest BCUT2D eigenvalue weighted by Gasteiger charge is -2.27. The van der Waals surface area contributed by atoms with Gasteiger partial charge in [0.15, 0.2) is 6.10 Å². The number of nitrogens with one attached hydrogen (secondary N) is 1. The molecule has 0 fully saturated rings. The number of benzene rings is 1. The number of ether oxygens (including phenoxy) is 2. The molecular formula is C16H23NO5. The maximum Gasteiger partial charge on any atom is 0.407 e. The summed E-state index contributed by atoms with van der Waals surface area (Å²) in [5, 5.41) is 12.5. The highest BCUT2D eigenvalue weighted by atomic mass is 16.6. The first-order valence-electron chi connectivity index (χ1n) is 7.22. The highest BCUT2D eigenvalue weighted by Crippen LogP contribution is 2.13. The van der Waals surface area contributed by atoms with E-state index in [2.05, 4.69) is 10.1 Å². The zero-order chi connectivity index (χ0) is 16.5. The third-order valence-corrected chi connectivity index (χ3v) is 3.54. The predicted octanol–water partition coefficient (Wildman–Crippen LogP) is 1.86. The third-order valence-electron chi connectivity index (χ3n) is 3.54. The smallest absolute Gasteiger partial charge is 0.407 e. The molecule has 22 heavy (non-hydrogen) atoms. The van der Waals surface area contributed by atoms with Gasteiger partial charge in [-0.15, -0.1) is 0 Å². The Morgan fingerprint density at radius 1 is 1.27 bits per heavy atom. The first-order chi connectivity index (χ1) is 10.5. The number of carbonyl (C=O) groups is 2. The molecule has 0 aliphatic carbocycles. The SMILES string of the molecule is CC[C@H](C)[C@H](NC(=O)OCc1ccccc1)C(O)C(=O)OC.